The van der Waals surface area contributed by atoms with Crippen molar-refractivity contribution < 1.29 is 27.2 Å². The number of sulfonamides is 1. The van der Waals surface area contributed by atoms with Gasteiger partial charge in [-0.1, -0.05) is 6.07 Å². The smallest absolute Gasteiger partial charge is 0.269 e. The largest absolute Gasteiger partial charge is 0.493 e. The number of hydrogen-bond acceptors (Lipinski definition) is 6. The normalized spacial score (nSPS) is 12.1. The number of methoxy groups -OCH3 is 2. The van der Waals surface area contributed by atoms with E-state index in [4.69, 9.17) is 9.47 Å². The maximum absolute atomic E-state index is 13.6. The molecule has 3 aromatic rings. The Balaban J connectivity index is 2.13. The number of rotatable bonds is 8. The van der Waals surface area contributed by atoms with Gasteiger partial charge < -0.3 is 9.47 Å². The number of hydrogen-bond donors (Lipinski definition) is 0. The molecule has 0 bridgehead atoms. The minimum Gasteiger partial charge on any atom is -0.493 e. The van der Waals surface area contributed by atoms with Crippen LogP contribution in [0.15, 0.2) is 71.6 Å². The molecule has 1 atom stereocenters. The fourth-order valence-corrected chi connectivity index (χ4v) is 4.90. The highest BCUT2D eigenvalue weighted by molar-refractivity contribution is 7.92. The summed E-state index contributed by atoms with van der Waals surface area (Å²) < 4.78 is 52.4. The van der Waals surface area contributed by atoms with Crippen LogP contribution in [0.1, 0.15) is 18.5 Å². The van der Waals surface area contributed by atoms with E-state index in [1.54, 1.807) is 25.1 Å². The molecule has 0 amide bonds. The first-order chi connectivity index (χ1) is 15.2. The fraction of sp³-hybridized carbons (Fsp3) is 0.182. The highest BCUT2D eigenvalue weighted by Gasteiger charge is 2.31. The molecule has 168 valence electrons. The predicted octanol–water partition coefficient (Wildman–Crippen LogP) is 4.71. The van der Waals surface area contributed by atoms with Crippen molar-refractivity contribution in [1.82, 2.24) is 0 Å². The zero-order valence-corrected chi connectivity index (χ0v) is 18.4. The second-order valence-corrected chi connectivity index (χ2v) is 8.63. The molecule has 0 radical (unpaired) electrons. The van der Waals surface area contributed by atoms with Gasteiger partial charge in [-0.3, -0.25) is 14.4 Å². The molecule has 1 unspecified atom stereocenters. The first-order valence-corrected chi connectivity index (χ1v) is 10.9. The molecule has 8 nitrogen and oxygen atoms in total. The van der Waals surface area contributed by atoms with Crippen molar-refractivity contribution in [2.75, 3.05) is 18.5 Å². The lowest BCUT2D eigenvalue weighted by Crippen LogP contribution is -2.33. The lowest BCUT2D eigenvalue weighted by Gasteiger charge is -2.31. The van der Waals surface area contributed by atoms with E-state index in [0.717, 1.165) is 28.6 Å². The highest BCUT2D eigenvalue weighted by atomic mass is 32.2. The van der Waals surface area contributed by atoms with Crippen LogP contribution in [0.5, 0.6) is 11.5 Å². The van der Waals surface area contributed by atoms with Crippen LogP contribution in [0.25, 0.3) is 0 Å². The van der Waals surface area contributed by atoms with E-state index in [-0.39, 0.29) is 16.3 Å². The summed E-state index contributed by atoms with van der Waals surface area (Å²) in [5, 5.41) is 10.9. The number of non-ortho nitro benzene ring substituents is 1. The van der Waals surface area contributed by atoms with Crippen LogP contribution in [-0.4, -0.2) is 27.6 Å². The van der Waals surface area contributed by atoms with Crippen LogP contribution in [-0.2, 0) is 10.0 Å². The van der Waals surface area contributed by atoms with E-state index >= 15 is 0 Å². The molecule has 10 heteroatoms. The van der Waals surface area contributed by atoms with Crippen molar-refractivity contribution in [1.29, 1.82) is 0 Å². The maximum atomic E-state index is 13.6. The molecule has 0 aromatic heterocycles. The van der Waals surface area contributed by atoms with E-state index in [2.05, 4.69) is 0 Å². The minimum absolute atomic E-state index is 0.139. The van der Waals surface area contributed by atoms with E-state index in [9.17, 15) is 22.9 Å². The number of nitro groups is 1. The topological polar surface area (TPSA) is 99.0 Å². The lowest BCUT2D eigenvalue weighted by molar-refractivity contribution is -0.384. The quantitative estimate of drug-likeness (QED) is 0.357. The molecule has 32 heavy (non-hydrogen) atoms. The van der Waals surface area contributed by atoms with Crippen LogP contribution >= 0.6 is 0 Å². The van der Waals surface area contributed by atoms with Gasteiger partial charge in [0.05, 0.1) is 35.8 Å². The molecular formula is C22H21FN2O6S. The highest BCUT2D eigenvalue weighted by Crippen LogP contribution is 2.37. The van der Waals surface area contributed by atoms with E-state index in [1.807, 2.05) is 0 Å². The van der Waals surface area contributed by atoms with Gasteiger partial charge in [0.15, 0.2) is 11.5 Å². The molecule has 0 aliphatic heterocycles. The summed E-state index contributed by atoms with van der Waals surface area (Å²) in [7, 11) is -1.22. The summed E-state index contributed by atoms with van der Waals surface area (Å²) in [4.78, 5) is 10.2. The molecule has 0 fully saturated rings. The van der Waals surface area contributed by atoms with Crippen LogP contribution < -0.4 is 13.8 Å². The van der Waals surface area contributed by atoms with Gasteiger partial charge in [-0.2, -0.15) is 0 Å². The molecule has 0 N–H and O–H groups in total. The molecule has 3 rings (SSSR count). The second-order valence-electron chi connectivity index (χ2n) is 6.82. The Labute approximate surface area is 185 Å². The van der Waals surface area contributed by atoms with Crippen LogP contribution in [0.2, 0.25) is 0 Å². The summed E-state index contributed by atoms with van der Waals surface area (Å²) in [5.74, 6) is 0.388. The van der Waals surface area contributed by atoms with Gasteiger partial charge in [0.2, 0.25) is 0 Å². The lowest BCUT2D eigenvalue weighted by atomic mass is 10.1. The fourth-order valence-electron chi connectivity index (χ4n) is 3.26. The molecule has 0 heterocycles. The van der Waals surface area contributed by atoms with E-state index < -0.39 is 26.8 Å². The van der Waals surface area contributed by atoms with Gasteiger partial charge in [-0.15, -0.1) is 0 Å². The van der Waals surface area contributed by atoms with Crippen molar-refractivity contribution >= 4 is 21.4 Å². The van der Waals surface area contributed by atoms with Crippen molar-refractivity contribution in [2.45, 2.75) is 17.9 Å². The van der Waals surface area contributed by atoms with Crippen molar-refractivity contribution in [2.24, 2.45) is 0 Å². The third kappa shape index (κ3) is 4.50. The number of ether oxygens (including phenoxy) is 2. The number of nitrogens with zero attached hydrogens (tertiary/aromatic N) is 2. The SMILES string of the molecule is COc1ccc(C(C)N(c2ccc(F)cc2)S(=O)(=O)c2ccc([N+](=O)[O-])cc2)cc1OC. The van der Waals surface area contributed by atoms with Crippen LogP contribution in [0.3, 0.4) is 0 Å². The van der Waals surface area contributed by atoms with Crippen LogP contribution in [0.4, 0.5) is 15.8 Å². The predicted molar refractivity (Wildman–Crippen MR) is 117 cm³/mol. The molecule has 0 spiro atoms. The van der Waals surface area contributed by atoms with Gasteiger partial charge in [0.25, 0.3) is 15.7 Å². The Bertz CT molecular complexity index is 1210. The minimum atomic E-state index is -4.18. The number of anilines is 1. The van der Waals surface area contributed by atoms with E-state index in [0.29, 0.717) is 17.1 Å². The van der Waals surface area contributed by atoms with Gasteiger partial charge in [-0.25, -0.2) is 12.8 Å². The van der Waals surface area contributed by atoms with Crippen LogP contribution in [0, 0.1) is 15.9 Å². The second kappa shape index (κ2) is 9.23. The molecule has 0 aliphatic rings. The van der Waals surface area contributed by atoms with E-state index in [1.165, 1.54) is 38.5 Å². The molecule has 3 aromatic carbocycles. The summed E-state index contributed by atoms with van der Waals surface area (Å²) in [6.07, 6.45) is 0. The Morgan fingerprint density at radius 2 is 1.53 bits per heavy atom. The van der Waals surface area contributed by atoms with Gasteiger partial charge in [0.1, 0.15) is 5.82 Å². The van der Waals surface area contributed by atoms with Gasteiger partial charge in [0, 0.05) is 12.1 Å². The molecule has 0 aliphatic carbocycles. The average molecular weight is 460 g/mol. The zero-order chi connectivity index (χ0) is 23.5. The Morgan fingerprint density at radius 1 is 0.938 bits per heavy atom. The third-order valence-electron chi connectivity index (χ3n) is 4.93. The molecule has 0 saturated heterocycles. The first-order valence-electron chi connectivity index (χ1n) is 9.45. The third-order valence-corrected chi connectivity index (χ3v) is 6.84. The Hall–Kier alpha value is -3.66. The molecule has 0 saturated carbocycles. The van der Waals surface area contributed by atoms with Gasteiger partial charge in [-0.05, 0) is 61.0 Å². The Morgan fingerprint density at radius 3 is 2.06 bits per heavy atom. The number of halogens is 1. The summed E-state index contributed by atoms with van der Waals surface area (Å²) >= 11 is 0. The summed E-state index contributed by atoms with van der Waals surface area (Å²) in [6, 6.07) is 13.9. The zero-order valence-electron chi connectivity index (χ0n) is 17.6. The number of benzene rings is 3. The molecular weight excluding hydrogens is 439 g/mol. The first kappa shape index (κ1) is 23.0. The maximum Gasteiger partial charge on any atom is 0.269 e. The van der Waals surface area contributed by atoms with Crippen molar-refractivity contribution in [3.05, 3.63) is 88.2 Å². The van der Waals surface area contributed by atoms with Crippen molar-refractivity contribution in [3.8, 4) is 11.5 Å². The monoisotopic (exact) mass is 460 g/mol. The summed E-state index contributed by atoms with van der Waals surface area (Å²) in [5.41, 5.74) is 0.592. The standard InChI is InChI=1S/C22H21FN2O6S/c1-15(16-4-13-21(30-2)22(14-16)31-3)24(18-7-5-17(23)6-8-18)32(28,29)20-11-9-19(10-12-20)25(26)27/h4-15H,1-3H3. The average Bonchev–Trinajstić information content (AvgIpc) is 2.79. The van der Waals surface area contributed by atoms with Crippen molar-refractivity contribution in [3.63, 3.8) is 0 Å². The Kier molecular flexibility index (Phi) is 6.64. The number of nitro benzene ring substituents is 1. The summed E-state index contributed by atoms with van der Waals surface area (Å²) in [6.45, 7) is 1.67. The van der Waals surface area contributed by atoms with Gasteiger partial charge >= 0.3 is 0 Å².